The molecule has 0 aromatic carbocycles. The van der Waals surface area contributed by atoms with Gasteiger partial charge >= 0.3 is 5.00 Å². The first kappa shape index (κ1) is 12.3. The van der Waals surface area contributed by atoms with Crippen molar-refractivity contribution in [2.24, 2.45) is 0 Å². The van der Waals surface area contributed by atoms with Crippen LogP contribution in [-0.4, -0.2) is 41.0 Å². The van der Waals surface area contributed by atoms with Gasteiger partial charge in [-0.1, -0.05) is 0 Å². The molecule has 1 aliphatic rings. The van der Waals surface area contributed by atoms with Crippen molar-refractivity contribution in [2.45, 2.75) is 19.3 Å². The molecule has 1 N–H and O–H groups in total. The highest BCUT2D eigenvalue weighted by Gasteiger charge is 2.12. The Morgan fingerprint density at radius 2 is 2.29 bits per heavy atom. The Balaban J connectivity index is 1.65. The first-order valence-electron chi connectivity index (χ1n) is 5.82. The molecule has 1 saturated heterocycles. The van der Waals surface area contributed by atoms with Crippen LogP contribution in [0.4, 0.5) is 10.1 Å². The first-order chi connectivity index (χ1) is 8.25. The largest absolute Gasteiger partial charge is 0.361 e. The van der Waals surface area contributed by atoms with Crippen molar-refractivity contribution in [3.8, 4) is 0 Å². The number of hydrogen-bond acceptors (Lipinski definition) is 6. The smallest absolute Gasteiger partial charge is 0.345 e. The molecule has 1 aromatic rings. The standard InChI is InChI=1S/C10H16N4O2S/c15-14(16)9-8-12-10(17-9)11-4-3-7-13-5-1-2-6-13/h8H,1-7H2,(H,11,12). The number of hydrogen-bond donors (Lipinski definition) is 1. The number of rotatable bonds is 6. The summed E-state index contributed by atoms with van der Waals surface area (Å²) in [5.41, 5.74) is 0. The average molecular weight is 256 g/mol. The predicted molar refractivity (Wildman–Crippen MR) is 67.5 cm³/mol. The SMILES string of the molecule is O=[N+]([O-])c1cnc(NCCCN2CCCC2)s1. The molecule has 94 valence electrons. The third-order valence-corrected chi connectivity index (χ3v) is 3.71. The van der Waals surface area contributed by atoms with E-state index in [1.165, 1.54) is 32.1 Å². The molecule has 0 atom stereocenters. The van der Waals surface area contributed by atoms with Gasteiger partial charge in [-0.15, -0.1) is 0 Å². The van der Waals surface area contributed by atoms with Crippen LogP contribution in [0.5, 0.6) is 0 Å². The fourth-order valence-electron chi connectivity index (χ4n) is 1.94. The monoisotopic (exact) mass is 256 g/mol. The number of anilines is 1. The van der Waals surface area contributed by atoms with Crippen LogP contribution in [-0.2, 0) is 0 Å². The third-order valence-electron chi connectivity index (χ3n) is 2.80. The van der Waals surface area contributed by atoms with Gasteiger partial charge in [0.15, 0.2) is 5.13 Å². The molecule has 2 rings (SSSR count). The fourth-order valence-corrected chi connectivity index (χ4v) is 2.59. The van der Waals surface area contributed by atoms with Crippen molar-refractivity contribution < 1.29 is 4.92 Å². The van der Waals surface area contributed by atoms with Gasteiger partial charge in [-0.3, -0.25) is 10.1 Å². The zero-order valence-electron chi connectivity index (χ0n) is 9.59. The van der Waals surface area contributed by atoms with Gasteiger partial charge < -0.3 is 10.2 Å². The second-order valence-electron chi connectivity index (χ2n) is 4.09. The number of likely N-dealkylation sites (tertiary alicyclic amines) is 1. The Bertz CT molecular complexity index is 376. The summed E-state index contributed by atoms with van der Waals surface area (Å²) in [5, 5.41) is 14.3. The van der Waals surface area contributed by atoms with E-state index in [0.29, 0.717) is 5.13 Å². The van der Waals surface area contributed by atoms with Crippen molar-refractivity contribution in [3.05, 3.63) is 16.3 Å². The summed E-state index contributed by atoms with van der Waals surface area (Å²) in [6.45, 7) is 4.34. The second kappa shape index (κ2) is 5.92. The van der Waals surface area contributed by atoms with Gasteiger partial charge in [-0.05, 0) is 50.2 Å². The molecule has 0 saturated carbocycles. The zero-order chi connectivity index (χ0) is 12.1. The maximum Gasteiger partial charge on any atom is 0.345 e. The molecule has 0 spiro atoms. The molecule has 1 aliphatic heterocycles. The van der Waals surface area contributed by atoms with E-state index >= 15 is 0 Å². The summed E-state index contributed by atoms with van der Waals surface area (Å²) in [5.74, 6) is 0. The van der Waals surface area contributed by atoms with E-state index in [1.807, 2.05) is 0 Å². The summed E-state index contributed by atoms with van der Waals surface area (Å²) < 4.78 is 0. The Morgan fingerprint density at radius 3 is 2.94 bits per heavy atom. The van der Waals surface area contributed by atoms with Gasteiger partial charge in [0.2, 0.25) is 0 Å². The fraction of sp³-hybridized carbons (Fsp3) is 0.700. The molecular weight excluding hydrogens is 240 g/mol. The minimum absolute atomic E-state index is 0.0899. The highest BCUT2D eigenvalue weighted by molar-refractivity contribution is 7.18. The van der Waals surface area contributed by atoms with E-state index in [2.05, 4.69) is 15.2 Å². The lowest BCUT2D eigenvalue weighted by molar-refractivity contribution is -0.380. The maximum atomic E-state index is 10.5. The van der Waals surface area contributed by atoms with Crippen molar-refractivity contribution in [2.75, 3.05) is 31.5 Å². The van der Waals surface area contributed by atoms with E-state index in [0.717, 1.165) is 30.8 Å². The Labute approximate surface area is 104 Å². The summed E-state index contributed by atoms with van der Waals surface area (Å²) in [4.78, 5) is 16.5. The van der Waals surface area contributed by atoms with Crippen LogP contribution in [0.3, 0.4) is 0 Å². The van der Waals surface area contributed by atoms with Crippen LogP contribution in [0.2, 0.25) is 0 Å². The highest BCUT2D eigenvalue weighted by Crippen LogP contribution is 2.24. The summed E-state index contributed by atoms with van der Waals surface area (Å²) in [6.07, 6.45) is 4.97. The molecule has 2 heterocycles. The number of nitrogens with zero attached hydrogens (tertiary/aromatic N) is 3. The highest BCUT2D eigenvalue weighted by atomic mass is 32.1. The molecule has 1 fully saturated rings. The van der Waals surface area contributed by atoms with Crippen LogP contribution >= 0.6 is 11.3 Å². The van der Waals surface area contributed by atoms with E-state index in [-0.39, 0.29) is 5.00 Å². The van der Waals surface area contributed by atoms with Crippen molar-refractivity contribution in [1.82, 2.24) is 9.88 Å². The molecule has 6 nitrogen and oxygen atoms in total. The lowest BCUT2D eigenvalue weighted by Crippen LogP contribution is -2.22. The van der Waals surface area contributed by atoms with E-state index in [4.69, 9.17) is 0 Å². The number of aromatic nitrogens is 1. The quantitative estimate of drug-likeness (QED) is 0.478. The molecule has 17 heavy (non-hydrogen) atoms. The maximum absolute atomic E-state index is 10.5. The van der Waals surface area contributed by atoms with Crippen LogP contribution in [0.15, 0.2) is 6.20 Å². The van der Waals surface area contributed by atoms with Gasteiger partial charge in [0.05, 0.1) is 4.92 Å². The molecule has 0 unspecified atom stereocenters. The van der Waals surface area contributed by atoms with Crippen molar-refractivity contribution >= 4 is 21.5 Å². The van der Waals surface area contributed by atoms with Gasteiger partial charge in [-0.25, -0.2) is 4.98 Å². The van der Waals surface area contributed by atoms with Crippen molar-refractivity contribution in [1.29, 1.82) is 0 Å². The topological polar surface area (TPSA) is 71.3 Å². The normalized spacial score (nSPS) is 16.2. The van der Waals surface area contributed by atoms with Gasteiger partial charge in [-0.2, -0.15) is 0 Å². The Hall–Kier alpha value is -1.21. The zero-order valence-corrected chi connectivity index (χ0v) is 10.4. The first-order valence-corrected chi connectivity index (χ1v) is 6.64. The molecule has 1 aromatic heterocycles. The lowest BCUT2D eigenvalue weighted by atomic mass is 10.4. The molecule has 7 heteroatoms. The minimum atomic E-state index is -0.410. The summed E-state index contributed by atoms with van der Waals surface area (Å²) in [7, 11) is 0. The van der Waals surface area contributed by atoms with E-state index in [9.17, 15) is 10.1 Å². The molecular formula is C10H16N4O2S. The molecule has 0 bridgehead atoms. The third kappa shape index (κ3) is 3.64. The number of nitrogens with one attached hydrogen (secondary N) is 1. The lowest BCUT2D eigenvalue weighted by Gasteiger charge is -2.13. The summed E-state index contributed by atoms with van der Waals surface area (Å²) in [6, 6.07) is 0. The molecule has 0 aliphatic carbocycles. The second-order valence-corrected chi connectivity index (χ2v) is 5.10. The van der Waals surface area contributed by atoms with Crippen molar-refractivity contribution in [3.63, 3.8) is 0 Å². The summed E-state index contributed by atoms with van der Waals surface area (Å²) >= 11 is 1.09. The van der Waals surface area contributed by atoms with Crippen LogP contribution in [0, 0.1) is 10.1 Å². The minimum Gasteiger partial charge on any atom is -0.361 e. The van der Waals surface area contributed by atoms with Gasteiger partial charge in [0, 0.05) is 6.54 Å². The number of nitro groups is 1. The molecule has 0 radical (unpaired) electrons. The molecule has 0 amide bonds. The predicted octanol–water partition coefficient (Wildman–Crippen LogP) is 1.95. The average Bonchev–Trinajstić information content (AvgIpc) is 2.96. The van der Waals surface area contributed by atoms with Gasteiger partial charge in [0.25, 0.3) is 0 Å². The van der Waals surface area contributed by atoms with Crippen LogP contribution in [0.1, 0.15) is 19.3 Å². The van der Waals surface area contributed by atoms with E-state index in [1.54, 1.807) is 0 Å². The van der Waals surface area contributed by atoms with Crippen LogP contribution in [0.25, 0.3) is 0 Å². The van der Waals surface area contributed by atoms with E-state index < -0.39 is 4.92 Å². The Morgan fingerprint density at radius 1 is 1.53 bits per heavy atom. The van der Waals surface area contributed by atoms with Crippen LogP contribution < -0.4 is 5.32 Å². The van der Waals surface area contributed by atoms with Gasteiger partial charge in [0.1, 0.15) is 6.20 Å². The number of thiazole rings is 1. The Kier molecular flexibility index (Phi) is 4.27.